The zero-order valence-electron chi connectivity index (χ0n) is 11.4. The molecule has 1 saturated heterocycles. The Balaban J connectivity index is 2.00. The SMILES string of the molecule is CN(Cc1ccc(C(=O)O)cc1)C1CCCS(=O)(=O)C1. The number of carbonyl (C=O) groups is 1. The molecule has 6 heteroatoms. The molecule has 1 aliphatic rings. The predicted molar refractivity (Wildman–Crippen MR) is 76.5 cm³/mol. The monoisotopic (exact) mass is 297 g/mol. The van der Waals surface area contributed by atoms with E-state index in [2.05, 4.69) is 0 Å². The molecule has 0 amide bonds. The minimum absolute atomic E-state index is 0.0490. The highest BCUT2D eigenvalue weighted by Gasteiger charge is 2.27. The van der Waals surface area contributed by atoms with Gasteiger partial charge in [-0.2, -0.15) is 0 Å². The summed E-state index contributed by atoms with van der Waals surface area (Å²) in [5.41, 5.74) is 1.25. The maximum atomic E-state index is 11.6. The summed E-state index contributed by atoms with van der Waals surface area (Å²) in [6, 6.07) is 6.74. The third-order valence-corrected chi connectivity index (χ3v) is 5.50. The van der Waals surface area contributed by atoms with Crippen molar-refractivity contribution in [3.63, 3.8) is 0 Å². The van der Waals surface area contributed by atoms with Crippen molar-refractivity contribution in [3.8, 4) is 0 Å². The molecule has 1 atom stereocenters. The average Bonchev–Trinajstić information content (AvgIpc) is 2.38. The van der Waals surface area contributed by atoms with Gasteiger partial charge in [-0.15, -0.1) is 0 Å². The second-order valence-corrected chi connectivity index (χ2v) is 7.56. The van der Waals surface area contributed by atoms with Crippen LogP contribution >= 0.6 is 0 Å². The summed E-state index contributed by atoms with van der Waals surface area (Å²) in [7, 11) is -0.993. The van der Waals surface area contributed by atoms with Gasteiger partial charge in [-0.3, -0.25) is 4.90 Å². The minimum atomic E-state index is -2.91. The highest BCUT2D eigenvalue weighted by molar-refractivity contribution is 7.91. The van der Waals surface area contributed by atoms with E-state index in [9.17, 15) is 13.2 Å². The van der Waals surface area contributed by atoms with Crippen LogP contribution in [0.25, 0.3) is 0 Å². The van der Waals surface area contributed by atoms with Crippen LogP contribution in [0.5, 0.6) is 0 Å². The van der Waals surface area contributed by atoms with Gasteiger partial charge < -0.3 is 5.11 Å². The van der Waals surface area contributed by atoms with Crippen molar-refractivity contribution < 1.29 is 18.3 Å². The third-order valence-electron chi connectivity index (χ3n) is 3.70. The fourth-order valence-electron chi connectivity index (χ4n) is 2.52. The summed E-state index contributed by atoms with van der Waals surface area (Å²) in [4.78, 5) is 12.8. The van der Waals surface area contributed by atoms with Gasteiger partial charge in [-0.1, -0.05) is 12.1 Å². The van der Waals surface area contributed by atoms with Gasteiger partial charge in [0, 0.05) is 12.6 Å². The first-order valence-electron chi connectivity index (χ1n) is 6.60. The molecular weight excluding hydrogens is 278 g/mol. The summed E-state index contributed by atoms with van der Waals surface area (Å²) in [6.07, 6.45) is 1.61. The first-order valence-corrected chi connectivity index (χ1v) is 8.42. The molecule has 0 saturated carbocycles. The van der Waals surface area contributed by atoms with E-state index in [1.54, 1.807) is 24.3 Å². The maximum absolute atomic E-state index is 11.6. The Morgan fingerprint density at radius 2 is 2.00 bits per heavy atom. The van der Waals surface area contributed by atoms with Crippen molar-refractivity contribution >= 4 is 15.8 Å². The Morgan fingerprint density at radius 1 is 1.35 bits per heavy atom. The van der Waals surface area contributed by atoms with Crippen molar-refractivity contribution in [3.05, 3.63) is 35.4 Å². The van der Waals surface area contributed by atoms with Crippen LogP contribution in [0.2, 0.25) is 0 Å². The number of rotatable bonds is 4. The predicted octanol–water partition coefficient (Wildman–Crippen LogP) is 1.39. The lowest BCUT2D eigenvalue weighted by atomic mass is 10.1. The molecule has 0 spiro atoms. The highest BCUT2D eigenvalue weighted by Crippen LogP contribution is 2.18. The summed E-state index contributed by atoms with van der Waals surface area (Å²) < 4.78 is 23.3. The standard InChI is InChI=1S/C14H19NO4S/c1-15(13-3-2-8-20(18,19)10-13)9-11-4-6-12(7-5-11)14(16)17/h4-7,13H,2-3,8-10H2,1H3,(H,16,17). The van der Waals surface area contributed by atoms with Crippen LogP contribution in [0, 0.1) is 0 Å². The lowest BCUT2D eigenvalue weighted by Crippen LogP contribution is -2.41. The van der Waals surface area contributed by atoms with Crippen molar-refractivity contribution in [2.75, 3.05) is 18.6 Å². The van der Waals surface area contributed by atoms with Crippen LogP contribution in [0.1, 0.15) is 28.8 Å². The summed E-state index contributed by atoms with van der Waals surface area (Å²) in [6.45, 7) is 0.625. The number of nitrogens with zero attached hydrogens (tertiary/aromatic N) is 1. The maximum Gasteiger partial charge on any atom is 0.335 e. The van der Waals surface area contributed by atoms with E-state index in [1.165, 1.54) is 0 Å². The quantitative estimate of drug-likeness (QED) is 0.909. The van der Waals surface area contributed by atoms with Crippen molar-refractivity contribution in [1.29, 1.82) is 0 Å². The minimum Gasteiger partial charge on any atom is -0.478 e. The largest absolute Gasteiger partial charge is 0.478 e. The van der Waals surface area contributed by atoms with Crippen molar-refractivity contribution in [2.45, 2.75) is 25.4 Å². The molecule has 1 fully saturated rings. The molecule has 1 heterocycles. The normalized spacial score (nSPS) is 21.8. The van der Waals surface area contributed by atoms with Gasteiger partial charge in [0.2, 0.25) is 0 Å². The number of sulfone groups is 1. The van der Waals surface area contributed by atoms with E-state index >= 15 is 0 Å². The van der Waals surface area contributed by atoms with Crippen LogP contribution < -0.4 is 0 Å². The molecule has 5 nitrogen and oxygen atoms in total. The van der Waals surface area contributed by atoms with Crippen LogP contribution in [0.15, 0.2) is 24.3 Å². The van der Waals surface area contributed by atoms with E-state index in [0.29, 0.717) is 12.3 Å². The smallest absolute Gasteiger partial charge is 0.335 e. The molecule has 20 heavy (non-hydrogen) atoms. The van der Waals surface area contributed by atoms with Gasteiger partial charge in [0.15, 0.2) is 9.84 Å². The fraction of sp³-hybridized carbons (Fsp3) is 0.500. The summed E-state index contributed by atoms with van der Waals surface area (Å²) >= 11 is 0. The third kappa shape index (κ3) is 3.80. The number of carboxylic acid groups (broad SMARTS) is 1. The van der Waals surface area contributed by atoms with Crippen molar-refractivity contribution in [1.82, 2.24) is 4.90 Å². The van der Waals surface area contributed by atoms with Gasteiger partial charge in [0.05, 0.1) is 17.1 Å². The van der Waals surface area contributed by atoms with E-state index in [0.717, 1.165) is 18.4 Å². The van der Waals surface area contributed by atoms with Gasteiger partial charge in [0.25, 0.3) is 0 Å². The Labute approximate surface area is 119 Å². The lowest BCUT2D eigenvalue weighted by Gasteiger charge is -2.31. The number of carboxylic acids is 1. The Hall–Kier alpha value is -1.40. The zero-order valence-corrected chi connectivity index (χ0v) is 12.3. The van der Waals surface area contributed by atoms with E-state index in [1.807, 2.05) is 11.9 Å². The number of hydrogen-bond acceptors (Lipinski definition) is 4. The van der Waals surface area contributed by atoms with Gasteiger partial charge in [-0.25, -0.2) is 13.2 Å². The van der Waals surface area contributed by atoms with Gasteiger partial charge in [-0.05, 0) is 37.6 Å². The molecular formula is C14H19NO4S. The van der Waals surface area contributed by atoms with E-state index in [-0.39, 0.29) is 17.4 Å². The Morgan fingerprint density at radius 3 is 2.55 bits per heavy atom. The van der Waals surface area contributed by atoms with Crippen molar-refractivity contribution in [2.24, 2.45) is 0 Å². The van der Waals surface area contributed by atoms with Gasteiger partial charge >= 0.3 is 5.97 Å². The molecule has 1 unspecified atom stereocenters. The summed E-state index contributed by atoms with van der Waals surface area (Å²) in [5.74, 6) is -0.426. The zero-order chi connectivity index (χ0) is 14.8. The molecule has 1 aliphatic heterocycles. The molecule has 2 rings (SSSR count). The van der Waals surface area contributed by atoms with E-state index < -0.39 is 15.8 Å². The molecule has 0 radical (unpaired) electrons. The molecule has 1 aromatic carbocycles. The first kappa shape index (κ1) is 15.0. The van der Waals surface area contributed by atoms with Crippen LogP contribution in [-0.2, 0) is 16.4 Å². The number of aromatic carboxylic acids is 1. The second kappa shape index (κ2) is 5.93. The molecule has 0 aliphatic carbocycles. The topological polar surface area (TPSA) is 74.7 Å². The Bertz CT molecular complexity index is 580. The van der Waals surface area contributed by atoms with Gasteiger partial charge in [0.1, 0.15) is 0 Å². The van der Waals surface area contributed by atoms with Crippen LogP contribution in [0.4, 0.5) is 0 Å². The van der Waals surface area contributed by atoms with E-state index in [4.69, 9.17) is 5.11 Å². The summed E-state index contributed by atoms with van der Waals surface area (Å²) in [5, 5.41) is 8.84. The molecule has 0 bridgehead atoms. The van der Waals surface area contributed by atoms with Crippen LogP contribution in [0.3, 0.4) is 0 Å². The average molecular weight is 297 g/mol. The number of benzene rings is 1. The van der Waals surface area contributed by atoms with Crippen LogP contribution in [-0.4, -0.2) is 49.0 Å². The highest BCUT2D eigenvalue weighted by atomic mass is 32.2. The number of hydrogen-bond donors (Lipinski definition) is 1. The molecule has 1 aromatic rings. The molecule has 110 valence electrons. The second-order valence-electron chi connectivity index (χ2n) is 5.33. The molecule has 1 N–H and O–H groups in total. The molecule has 0 aromatic heterocycles. The Kier molecular flexibility index (Phi) is 4.45. The fourth-order valence-corrected chi connectivity index (χ4v) is 4.30. The lowest BCUT2D eigenvalue weighted by molar-refractivity contribution is 0.0697. The first-order chi connectivity index (χ1) is 9.37.